The summed E-state index contributed by atoms with van der Waals surface area (Å²) in [6, 6.07) is 5.19. The second-order valence-electron chi connectivity index (χ2n) is 5.65. The van der Waals surface area contributed by atoms with Gasteiger partial charge in [-0.25, -0.2) is 13.1 Å². The number of halogens is 2. The largest absolute Gasteiger partial charge is 0.303 e. The van der Waals surface area contributed by atoms with Gasteiger partial charge in [0.2, 0.25) is 10.0 Å². The van der Waals surface area contributed by atoms with Crippen molar-refractivity contribution in [3.63, 3.8) is 0 Å². The number of aryl methyl sites for hydroxylation is 1. The van der Waals surface area contributed by atoms with Crippen LogP contribution in [0.1, 0.15) is 31.7 Å². The molecule has 1 saturated heterocycles. The van der Waals surface area contributed by atoms with Gasteiger partial charge in [-0.05, 0) is 69.6 Å². The zero-order chi connectivity index (χ0) is 15.5. The Morgan fingerprint density at radius 3 is 2.50 bits per heavy atom. The molecule has 1 N–H and O–H groups in total. The van der Waals surface area contributed by atoms with Gasteiger partial charge in [-0.2, -0.15) is 0 Å². The van der Waals surface area contributed by atoms with Crippen molar-refractivity contribution in [2.75, 3.05) is 19.6 Å². The minimum Gasteiger partial charge on any atom is -0.303 e. The van der Waals surface area contributed by atoms with Crippen molar-refractivity contribution in [3.8, 4) is 0 Å². The van der Waals surface area contributed by atoms with E-state index in [0.29, 0.717) is 4.90 Å². The number of benzene rings is 1. The number of rotatable bonds is 5. The molecule has 0 bridgehead atoms. The van der Waals surface area contributed by atoms with Crippen LogP contribution in [-0.4, -0.2) is 39.0 Å². The van der Waals surface area contributed by atoms with Crippen LogP contribution in [0.15, 0.2) is 27.6 Å². The summed E-state index contributed by atoms with van der Waals surface area (Å²) in [6.07, 6.45) is 2.91. The molecule has 1 fully saturated rings. The maximum absolute atomic E-state index is 12.4. The minimum absolute atomic E-state index is 0. The van der Waals surface area contributed by atoms with Crippen LogP contribution in [0.3, 0.4) is 0 Å². The zero-order valence-corrected chi connectivity index (χ0v) is 16.2. The lowest BCUT2D eigenvalue weighted by molar-refractivity contribution is 0.208. The van der Waals surface area contributed by atoms with Gasteiger partial charge >= 0.3 is 0 Å². The van der Waals surface area contributed by atoms with Gasteiger partial charge in [0.05, 0.1) is 4.90 Å². The van der Waals surface area contributed by atoms with Crippen LogP contribution >= 0.6 is 28.3 Å². The van der Waals surface area contributed by atoms with Gasteiger partial charge in [0.25, 0.3) is 0 Å². The average Bonchev–Trinajstić information content (AvgIpc) is 2.44. The van der Waals surface area contributed by atoms with Gasteiger partial charge in [0.1, 0.15) is 0 Å². The van der Waals surface area contributed by atoms with E-state index in [1.807, 2.05) is 6.92 Å². The van der Waals surface area contributed by atoms with E-state index in [1.165, 1.54) is 0 Å². The molecule has 1 aromatic rings. The SMILES string of the molecule is CCCN1CCC(NS(=O)(=O)c2ccc(Br)c(C)c2)CC1.Cl. The number of nitrogens with zero attached hydrogens (tertiary/aromatic N) is 1. The number of sulfonamides is 1. The molecule has 22 heavy (non-hydrogen) atoms. The molecular weight excluding hydrogens is 388 g/mol. The molecule has 0 aromatic heterocycles. The van der Waals surface area contributed by atoms with E-state index in [1.54, 1.807) is 18.2 Å². The van der Waals surface area contributed by atoms with Crippen LogP contribution in [0, 0.1) is 6.92 Å². The van der Waals surface area contributed by atoms with E-state index in [0.717, 1.165) is 48.9 Å². The van der Waals surface area contributed by atoms with Crippen molar-refractivity contribution in [1.82, 2.24) is 9.62 Å². The summed E-state index contributed by atoms with van der Waals surface area (Å²) in [7, 11) is -3.42. The maximum atomic E-state index is 12.4. The highest BCUT2D eigenvalue weighted by molar-refractivity contribution is 9.10. The molecule has 0 saturated carbocycles. The van der Waals surface area contributed by atoms with Crippen molar-refractivity contribution in [2.24, 2.45) is 0 Å². The number of hydrogen-bond donors (Lipinski definition) is 1. The fraction of sp³-hybridized carbons (Fsp3) is 0.600. The van der Waals surface area contributed by atoms with Crippen LogP contribution in [0.5, 0.6) is 0 Å². The first-order chi connectivity index (χ1) is 9.92. The summed E-state index contributed by atoms with van der Waals surface area (Å²) in [5.41, 5.74) is 0.927. The monoisotopic (exact) mass is 410 g/mol. The Morgan fingerprint density at radius 1 is 1.32 bits per heavy atom. The van der Waals surface area contributed by atoms with E-state index in [2.05, 4.69) is 32.5 Å². The molecule has 1 aliphatic heterocycles. The fourth-order valence-electron chi connectivity index (χ4n) is 2.66. The van der Waals surface area contributed by atoms with Gasteiger partial charge < -0.3 is 4.90 Å². The summed E-state index contributed by atoms with van der Waals surface area (Å²) >= 11 is 3.40. The third-order valence-corrected chi connectivity index (χ3v) is 6.30. The molecule has 126 valence electrons. The van der Waals surface area contributed by atoms with Crippen LogP contribution in [0.25, 0.3) is 0 Å². The predicted molar refractivity (Wildman–Crippen MR) is 96.2 cm³/mol. The Bertz CT molecular complexity index is 587. The fourth-order valence-corrected chi connectivity index (χ4v) is 4.30. The molecule has 1 aliphatic rings. The molecule has 0 atom stereocenters. The molecule has 1 aromatic carbocycles. The third kappa shape index (κ3) is 5.20. The first kappa shape index (κ1) is 19.9. The highest BCUT2D eigenvalue weighted by Crippen LogP contribution is 2.21. The van der Waals surface area contributed by atoms with Crippen molar-refractivity contribution in [2.45, 2.75) is 44.0 Å². The first-order valence-electron chi connectivity index (χ1n) is 7.43. The van der Waals surface area contributed by atoms with Crippen molar-refractivity contribution >= 4 is 38.4 Å². The predicted octanol–water partition coefficient (Wildman–Crippen LogP) is 3.33. The van der Waals surface area contributed by atoms with E-state index in [-0.39, 0.29) is 18.4 Å². The minimum atomic E-state index is -3.42. The molecule has 2 rings (SSSR count). The lowest BCUT2D eigenvalue weighted by Crippen LogP contribution is -2.44. The molecule has 0 aliphatic carbocycles. The number of nitrogens with one attached hydrogen (secondary N) is 1. The summed E-state index contributed by atoms with van der Waals surface area (Å²) in [5.74, 6) is 0. The van der Waals surface area contributed by atoms with Crippen molar-refractivity contribution < 1.29 is 8.42 Å². The molecule has 4 nitrogen and oxygen atoms in total. The van der Waals surface area contributed by atoms with E-state index in [4.69, 9.17) is 0 Å². The summed E-state index contributed by atoms with van der Waals surface area (Å²) in [5, 5.41) is 0. The van der Waals surface area contributed by atoms with Crippen molar-refractivity contribution in [3.05, 3.63) is 28.2 Å². The number of likely N-dealkylation sites (tertiary alicyclic amines) is 1. The van der Waals surface area contributed by atoms with Gasteiger partial charge in [-0.3, -0.25) is 0 Å². The Kier molecular flexibility index (Phi) is 7.82. The second-order valence-corrected chi connectivity index (χ2v) is 8.22. The summed E-state index contributed by atoms with van der Waals surface area (Å²) < 4.78 is 28.6. The highest BCUT2D eigenvalue weighted by atomic mass is 79.9. The standard InChI is InChI=1S/C15H23BrN2O2S.ClH/c1-3-8-18-9-6-13(7-10-18)17-21(19,20)14-4-5-15(16)12(2)11-14;/h4-5,11,13,17H,3,6-10H2,1-2H3;1H. The average molecular weight is 412 g/mol. The topological polar surface area (TPSA) is 49.4 Å². The lowest BCUT2D eigenvalue weighted by Gasteiger charge is -2.31. The summed E-state index contributed by atoms with van der Waals surface area (Å²) in [4.78, 5) is 2.74. The number of hydrogen-bond acceptors (Lipinski definition) is 3. The van der Waals surface area contributed by atoms with Gasteiger partial charge in [0, 0.05) is 10.5 Å². The van der Waals surface area contributed by atoms with Gasteiger partial charge in [-0.1, -0.05) is 22.9 Å². The molecular formula is C15H24BrClN2O2S. The molecule has 0 spiro atoms. The summed E-state index contributed by atoms with van der Waals surface area (Å²) in [6.45, 7) is 7.11. The lowest BCUT2D eigenvalue weighted by atomic mass is 10.1. The third-order valence-electron chi connectivity index (χ3n) is 3.89. The molecule has 0 amide bonds. The molecule has 7 heteroatoms. The van der Waals surface area contributed by atoms with Crippen LogP contribution in [0.2, 0.25) is 0 Å². The Balaban J connectivity index is 0.00000242. The van der Waals surface area contributed by atoms with Crippen LogP contribution in [0.4, 0.5) is 0 Å². The second kappa shape index (κ2) is 8.64. The van der Waals surface area contributed by atoms with E-state index >= 15 is 0 Å². The smallest absolute Gasteiger partial charge is 0.240 e. The number of piperidine rings is 1. The van der Waals surface area contributed by atoms with Crippen LogP contribution < -0.4 is 4.72 Å². The van der Waals surface area contributed by atoms with Gasteiger partial charge in [-0.15, -0.1) is 12.4 Å². The molecule has 1 heterocycles. The Labute approximate surface area is 148 Å². The first-order valence-corrected chi connectivity index (χ1v) is 9.71. The normalized spacial score (nSPS) is 17.2. The van der Waals surface area contributed by atoms with Gasteiger partial charge in [0.15, 0.2) is 0 Å². The van der Waals surface area contributed by atoms with E-state index < -0.39 is 10.0 Å². The highest BCUT2D eigenvalue weighted by Gasteiger charge is 2.24. The Morgan fingerprint density at radius 2 is 1.95 bits per heavy atom. The van der Waals surface area contributed by atoms with Crippen LogP contribution in [-0.2, 0) is 10.0 Å². The maximum Gasteiger partial charge on any atom is 0.240 e. The van der Waals surface area contributed by atoms with E-state index in [9.17, 15) is 8.42 Å². The molecule has 0 unspecified atom stereocenters. The molecule has 0 radical (unpaired) electrons. The Hall–Kier alpha value is -0.140. The zero-order valence-electron chi connectivity index (χ0n) is 13.0. The van der Waals surface area contributed by atoms with Crippen molar-refractivity contribution in [1.29, 1.82) is 0 Å². The quantitative estimate of drug-likeness (QED) is 0.808.